The molecule has 0 aliphatic carbocycles. The van der Waals surface area contributed by atoms with E-state index in [1.807, 2.05) is 20.8 Å². The third-order valence-corrected chi connectivity index (χ3v) is 5.46. The maximum absolute atomic E-state index is 12.3. The summed E-state index contributed by atoms with van der Waals surface area (Å²) in [6, 6.07) is 5.26. The predicted octanol–water partition coefficient (Wildman–Crippen LogP) is 0.716. The van der Waals surface area contributed by atoms with E-state index in [-0.39, 0.29) is 23.9 Å². The molecular formula is C17H21N5O4S. The van der Waals surface area contributed by atoms with E-state index >= 15 is 0 Å². The second-order valence-electron chi connectivity index (χ2n) is 7.35. The van der Waals surface area contributed by atoms with Gasteiger partial charge in [-0.15, -0.1) is 0 Å². The van der Waals surface area contributed by atoms with Crippen molar-refractivity contribution in [2.75, 3.05) is 5.32 Å². The van der Waals surface area contributed by atoms with Crippen molar-refractivity contribution in [2.24, 2.45) is 0 Å². The lowest BCUT2D eigenvalue weighted by molar-refractivity contribution is -0.136. The molecule has 2 aromatic heterocycles. The summed E-state index contributed by atoms with van der Waals surface area (Å²) in [4.78, 5) is 28.5. The van der Waals surface area contributed by atoms with Crippen molar-refractivity contribution in [3.05, 3.63) is 41.3 Å². The Bertz CT molecular complexity index is 990. The summed E-state index contributed by atoms with van der Waals surface area (Å²) < 4.78 is 25.3. The molecule has 3 heterocycles. The van der Waals surface area contributed by atoms with Crippen LogP contribution in [-0.2, 0) is 43.0 Å². The summed E-state index contributed by atoms with van der Waals surface area (Å²) in [5, 5.41) is 9.37. The van der Waals surface area contributed by atoms with E-state index in [0.29, 0.717) is 17.0 Å². The van der Waals surface area contributed by atoms with Crippen LogP contribution in [0.1, 0.15) is 37.7 Å². The maximum atomic E-state index is 12.3. The first-order chi connectivity index (χ1) is 12.6. The van der Waals surface area contributed by atoms with Gasteiger partial charge in [-0.1, -0.05) is 6.07 Å². The number of pyridine rings is 1. The molecule has 3 rings (SSSR count). The number of nitrogens with zero attached hydrogens (tertiary/aromatic N) is 3. The van der Waals surface area contributed by atoms with Gasteiger partial charge in [-0.05, 0) is 32.9 Å². The average molecular weight is 391 g/mol. The highest BCUT2D eigenvalue weighted by atomic mass is 32.2. The topological polar surface area (TPSA) is 123 Å². The number of anilines is 1. The molecule has 0 aromatic carbocycles. The van der Waals surface area contributed by atoms with Crippen LogP contribution in [0.4, 0.5) is 5.82 Å². The zero-order valence-electron chi connectivity index (χ0n) is 15.3. The smallest absolute Gasteiger partial charge is 0.314 e. The molecule has 0 unspecified atom stereocenters. The predicted molar refractivity (Wildman–Crippen MR) is 98.3 cm³/mol. The van der Waals surface area contributed by atoms with Gasteiger partial charge in [0.1, 0.15) is 5.82 Å². The largest absolute Gasteiger partial charge is 0.342 e. The van der Waals surface area contributed by atoms with Gasteiger partial charge in [-0.2, -0.15) is 5.10 Å². The first kappa shape index (κ1) is 19.0. The van der Waals surface area contributed by atoms with Crippen LogP contribution in [0.25, 0.3) is 0 Å². The van der Waals surface area contributed by atoms with E-state index in [0.717, 1.165) is 0 Å². The molecule has 2 amide bonds. The molecule has 0 bridgehead atoms. The summed E-state index contributed by atoms with van der Waals surface area (Å²) in [6.07, 6.45) is 1.59. The number of amides is 2. The molecule has 1 aliphatic rings. The van der Waals surface area contributed by atoms with Gasteiger partial charge in [0, 0.05) is 11.8 Å². The fourth-order valence-electron chi connectivity index (χ4n) is 2.77. The molecule has 2 aromatic rings. The minimum atomic E-state index is -3.29. The summed E-state index contributed by atoms with van der Waals surface area (Å²) in [5.74, 6) is -1.85. The van der Waals surface area contributed by atoms with Gasteiger partial charge in [0.2, 0.25) is 0 Å². The standard InChI is InChI=1S/C17H21N5O4S/c1-17(2,3)22-14(12-9-27(25,26)10-13(12)21-22)20-16(24)15(23)19-8-11-6-4-5-7-18-11/h4-7H,8-10H2,1-3H3,(H,19,23)(H,20,24). The number of hydrogen-bond donors (Lipinski definition) is 2. The Morgan fingerprint density at radius 3 is 2.56 bits per heavy atom. The number of rotatable bonds is 3. The van der Waals surface area contributed by atoms with E-state index in [4.69, 9.17) is 0 Å². The molecule has 1 aliphatic heterocycles. The van der Waals surface area contributed by atoms with Crippen LogP contribution in [0, 0.1) is 0 Å². The van der Waals surface area contributed by atoms with Gasteiger partial charge in [0.05, 0.1) is 35.0 Å². The molecule has 0 saturated carbocycles. The molecule has 0 atom stereocenters. The van der Waals surface area contributed by atoms with Crippen LogP contribution in [0.2, 0.25) is 0 Å². The van der Waals surface area contributed by atoms with Crippen molar-refractivity contribution in [3.63, 3.8) is 0 Å². The Morgan fingerprint density at radius 2 is 1.93 bits per heavy atom. The highest BCUT2D eigenvalue weighted by Gasteiger charge is 2.35. The monoisotopic (exact) mass is 391 g/mol. The summed E-state index contributed by atoms with van der Waals surface area (Å²) in [5.41, 5.74) is 0.969. The normalized spacial score (nSPS) is 15.2. The number of fused-ring (bicyclic) bond motifs is 1. The molecule has 2 N–H and O–H groups in total. The Kier molecular flexibility index (Phi) is 4.77. The second-order valence-corrected chi connectivity index (χ2v) is 9.41. The quantitative estimate of drug-likeness (QED) is 0.743. The molecule has 0 radical (unpaired) electrons. The molecular weight excluding hydrogens is 370 g/mol. The summed E-state index contributed by atoms with van der Waals surface area (Å²) >= 11 is 0. The van der Waals surface area contributed by atoms with Crippen LogP contribution >= 0.6 is 0 Å². The van der Waals surface area contributed by atoms with Crippen LogP contribution in [-0.4, -0.2) is 35.0 Å². The lowest BCUT2D eigenvalue weighted by Crippen LogP contribution is -2.37. The number of sulfone groups is 1. The lowest BCUT2D eigenvalue weighted by atomic mass is 10.1. The Labute approximate surface area is 157 Å². The Hall–Kier alpha value is -2.75. The van der Waals surface area contributed by atoms with E-state index in [1.54, 1.807) is 29.1 Å². The highest BCUT2D eigenvalue weighted by Crippen LogP contribution is 2.34. The van der Waals surface area contributed by atoms with E-state index in [1.165, 1.54) is 0 Å². The second kappa shape index (κ2) is 6.76. The van der Waals surface area contributed by atoms with Crippen LogP contribution in [0.3, 0.4) is 0 Å². The van der Waals surface area contributed by atoms with Crippen molar-refractivity contribution >= 4 is 27.5 Å². The zero-order chi connectivity index (χ0) is 19.8. The number of carbonyl (C=O) groups excluding carboxylic acids is 2. The lowest BCUT2D eigenvalue weighted by Gasteiger charge is -2.23. The maximum Gasteiger partial charge on any atom is 0.314 e. The molecule has 9 nitrogen and oxygen atoms in total. The molecule has 10 heteroatoms. The number of nitrogens with one attached hydrogen (secondary N) is 2. The zero-order valence-corrected chi connectivity index (χ0v) is 16.1. The molecule has 0 spiro atoms. The Morgan fingerprint density at radius 1 is 1.19 bits per heavy atom. The molecule has 144 valence electrons. The van der Waals surface area contributed by atoms with Crippen molar-refractivity contribution < 1.29 is 18.0 Å². The minimum absolute atomic E-state index is 0.109. The van der Waals surface area contributed by atoms with Gasteiger partial charge in [0.25, 0.3) is 0 Å². The fourth-order valence-corrected chi connectivity index (χ4v) is 4.27. The first-order valence-electron chi connectivity index (χ1n) is 8.37. The fraction of sp³-hybridized carbons (Fsp3) is 0.412. The highest BCUT2D eigenvalue weighted by molar-refractivity contribution is 7.90. The molecule has 0 saturated heterocycles. The average Bonchev–Trinajstić information content (AvgIpc) is 3.06. The van der Waals surface area contributed by atoms with Crippen LogP contribution in [0.5, 0.6) is 0 Å². The SMILES string of the molecule is CC(C)(C)n1nc2c(c1NC(=O)C(=O)NCc1ccccn1)CS(=O)(=O)C2. The van der Waals surface area contributed by atoms with Crippen molar-refractivity contribution in [1.29, 1.82) is 0 Å². The van der Waals surface area contributed by atoms with Crippen LogP contribution < -0.4 is 10.6 Å². The number of hydrogen-bond acceptors (Lipinski definition) is 6. The number of carbonyl (C=O) groups is 2. The molecule has 27 heavy (non-hydrogen) atoms. The van der Waals surface area contributed by atoms with Crippen molar-refractivity contribution in [2.45, 2.75) is 44.4 Å². The van der Waals surface area contributed by atoms with Crippen molar-refractivity contribution in [1.82, 2.24) is 20.1 Å². The minimum Gasteiger partial charge on any atom is -0.342 e. The van der Waals surface area contributed by atoms with Gasteiger partial charge in [0.15, 0.2) is 9.84 Å². The summed E-state index contributed by atoms with van der Waals surface area (Å²) in [6.45, 7) is 5.74. The third kappa shape index (κ3) is 4.16. The van der Waals surface area contributed by atoms with E-state index in [9.17, 15) is 18.0 Å². The van der Waals surface area contributed by atoms with Gasteiger partial charge < -0.3 is 10.6 Å². The first-order valence-corrected chi connectivity index (χ1v) is 10.2. The van der Waals surface area contributed by atoms with Crippen molar-refractivity contribution in [3.8, 4) is 0 Å². The van der Waals surface area contributed by atoms with E-state index < -0.39 is 27.2 Å². The van der Waals surface area contributed by atoms with Gasteiger partial charge in [-0.3, -0.25) is 14.6 Å². The molecule has 0 fully saturated rings. The van der Waals surface area contributed by atoms with Crippen LogP contribution in [0.15, 0.2) is 24.4 Å². The van der Waals surface area contributed by atoms with Gasteiger partial charge >= 0.3 is 11.8 Å². The third-order valence-electron chi connectivity index (χ3n) is 4.02. The van der Waals surface area contributed by atoms with Gasteiger partial charge in [-0.25, -0.2) is 13.1 Å². The summed E-state index contributed by atoms with van der Waals surface area (Å²) in [7, 11) is -3.29. The number of aromatic nitrogens is 3. The Balaban J connectivity index is 1.78. The van der Waals surface area contributed by atoms with E-state index in [2.05, 4.69) is 20.7 Å².